The van der Waals surface area contributed by atoms with Crippen molar-refractivity contribution >= 4 is 23.5 Å². The highest BCUT2D eigenvalue weighted by Gasteiger charge is 2.47. The van der Waals surface area contributed by atoms with Gasteiger partial charge in [0.2, 0.25) is 5.91 Å². The first-order valence-corrected chi connectivity index (χ1v) is 10.1. The Morgan fingerprint density at radius 3 is 2.32 bits per heavy atom. The fourth-order valence-corrected chi connectivity index (χ4v) is 3.39. The molecule has 0 radical (unpaired) electrons. The molecule has 8 nitrogen and oxygen atoms in total. The Kier molecular flexibility index (Phi) is 6.79. The van der Waals surface area contributed by atoms with Crippen LogP contribution in [0.1, 0.15) is 25.8 Å². The number of nitrogens with one attached hydrogen (secondary N) is 2. The summed E-state index contributed by atoms with van der Waals surface area (Å²) >= 11 is 0. The number of imide groups is 1. The molecule has 31 heavy (non-hydrogen) atoms. The van der Waals surface area contributed by atoms with E-state index in [2.05, 4.69) is 10.6 Å². The average Bonchev–Trinajstić information content (AvgIpc) is 2.97. The number of aryl methyl sites for hydroxylation is 1. The summed E-state index contributed by atoms with van der Waals surface area (Å²) < 4.78 is 10.5. The number of anilines is 1. The van der Waals surface area contributed by atoms with Crippen molar-refractivity contribution in [3.63, 3.8) is 0 Å². The lowest BCUT2D eigenvalue weighted by Crippen LogP contribution is -2.45. The molecule has 0 saturated carbocycles. The second kappa shape index (κ2) is 9.51. The van der Waals surface area contributed by atoms with Crippen LogP contribution in [0.25, 0.3) is 0 Å². The summed E-state index contributed by atoms with van der Waals surface area (Å²) in [5.41, 5.74) is 0.523. The summed E-state index contributed by atoms with van der Waals surface area (Å²) in [6.07, 6.45) is 1.01. The molecule has 1 heterocycles. The lowest BCUT2D eigenvalue weighted by molar-refractivity contribution is -0.133. The highest BCUT2D eigenvalue weighted by Crippen LogP contribution is 2.24. The zero-order valence-corrected chi connectivity index (χ0v) is 17.9. The van der Waals surface area contributed by atoms with Crippen LogP contribution in [0, 0.1) is 0 Å². The molecular formula is C23H27N3O5. The first kappa shape index (κ1) is 22.1. The fourth-order valence-electron chi connectivity index (χ4n) is 3.39. The molecule has 0 aliphatic carbocycles. The van der Waals surface area contributed by atoms with Crippen LogP contribution in [-0.4, -0.2) is 48.5 Å². The quantitative estimate of drug-likeness (QED) is 0.602. The molecule has 2 N–H and O–H groups in total. The molecule has 8 heteroatoms. The van der Waals surface area contributed by atoms with Crippen molar-refractivity contribution in [2.75, 3.05) is 25.6 Å². The Hall–Kier alpha value is -3.55. The first-order valence-electron chi connectivity index (χ1n) is 10.1. The highest BCUT2D eigenvalue weighted by atomic mass is 16.5. The molecule has 4 amide bonds. The van der Waals surface area contributed by atoms with Crippen LogP contribution >= 0.6 is 0 Å². The van der Waals surface area contributed by atoms with Gasteiger partial charge in [0, 0.05) is 5.69 Å². The molecule has 0 spiro atoms. The number of rotatable bonds is 9. The van der Waals surface area contributed by atoms with Gasteiger partial charge in [-0.1, -0.05) is 12.1 Å². The normalized spacial score (nSPS) is 18.0. The highest BCUT2D eigenvalue weighted by molar-refractivity contribution is 6.09. The minimum atomic E-state index is -1.06. The van der Waals surface area contributed by atoms with Gasteiger partial charge in [0.15, 0.2) is 0 Å². The number of urea groups is 1. The van der Waals surface area contributed by atoms with Crippen molar-refractivity contribution in [2.24, 2.45) is 0 Å². The Morgan fingerprint density at radius 2 is 1.71 bits per heavy atom. The first-order chi connectivity index (χ1) is 14.8. The van der Waals surface area contributed by atoms with E-state index in [0.29, 0.717) is 30.9 Å². The summed E-state index contributed by atoms with van der Waals surface area (Å²) in [5.74, 6) is 0.590. The molecule has 164 valence electrons. The van der Waals surface area contributed by atoms with E-state index in [9.17, 15) is 14.4 Å². The average molecular weight is 425 g/mol. The fraction of sp³-hybridized carbons (Fsp3) is 0.348. The lowest BCUT2D eigenvalue weighted by Gasteiger charge is -2.21. The number of carbonyl (C=O) groups is 3. The largest absolute Gasteiger partial charge is 0.497 e. The van der Waals surface area contributed by atoms with Crippen LogP contribution in [0.4, 0.5) is 10.5 Å². The maximum absolute atomic E-state index is 12.9. The van der Waals surface area contributed by atoms with E-state index in [-0.39, 0.29) is 6.54 Å². The monoisotopic (exact) mass is 425 g/mol. The van der Waals surface area contributed by atoms with Gasteiger partial charge in [-0.25, -0.2) is 4.79 Å². The van der Waals surface area contributed by atoms with Crippen LogP contribution < -0.4 is 20.1 Å². The van der Waals surface area contributed by atoms with Gasteiger partial charge in [-0.3, -0.25) is 14.5 Å². The van der Waals surface area contributed by atoms with Crippen LogP contribution in [0.15, 0.2) is 48.5 Å². The van der Waals surface area contributed by atoms with Gasteiger partial charge in [-0.2, -0.15) is 0 Å². The maximum atomic E-state index is 12.9. The summed E-state index contributed by atoms with van der Waals surface area (Å²) in [4.78, 5) is 38.6. The van der Waals surface area contributed by atoms with E-state index in [4.69, 9.17) is 9.47 Å². The summed E-state index contributed by atoms with van der Waals surface area (Å²) in [6.45, 7) is 3.77. The minimum Gasteiger partial charge on any atom is -0.497 e. The third-order valence-corrected chi connectivity index (χ3v) is 5.17. The predicted octanol–water partition coefficient (Wildman–Crippen LogP) is 2.98. The van der Waals surface area contributed by atoms with Gasteiger partial charge in [-0.05, 0) is 68.7 Å². The van der Waals surface area contributed by atoms with Gasteiger partial charge >= 0.3 is 6.03 Å². The van der Waals surface area contributed by atoms with Crippen LogP contribution in [0.3, 0.4) is 0 Å². The van der Waals surface area contributed by atoms with Crippen molar-refractivity contribution in [3.05, 3.63) is 54.1 Å². The molecule has 1 atom stereocenters. The van der Waals surface area contributed by atoms with Crippen LogP contribution in [0.5, 0.6) is 11.5 Å². The Morgan fingerprint density at radius 1 is 1.06 bits per heavy atom. The van der Waals surface area contributed by atoms with Crippen molar-refractivity contribution in [1.29, 1.82) is 0 Å². The van der Waals surface area contributed by atoms with E-state index in [0.717, 1.165) is 16.2 Å². The number of benzene rings is 2. The minimum absolute atomic E-state index is 0.351. The van der Waals surface area contributed by atoms with Gasteiger partial charge in [-0.15, -0.1) is 0 Å². The topological polar surface area (TPSA) is 97.0 Å². The number of nitrogens with zero attached hydrogens (tertiary/aromatic N) is 1. The van der Waals surface area contributed by atoms with E-state index in [1.54, 1.807) is 38.3 Å². The molecule has 2 aromatic rings. The van der Waals surface area contributed by atoms with Gasteiger partial charge in [0.1, 0.15) is 23.6 Å². The Labute approximate surface area is 181 Å². The molecule has 1 fully saturated rings. The standard InChI is InChI=1S/C23H27N3O5/c1-4-31-19-11-7-17(8-12-19)24-20(27)15-26-21(28)23(2,25-22(26)29)14-13-16-5-9-18(30-3)10-6-16/h5-12H,4,13-15H2,1-3H3,(H,24,27)(H,25,29)/t23-/m0/s1. The SMILES string of the molecule is CCOc1ccc(NC(=O)CN2C(=O)N[C@@](C)(CCc3ccc(OC)cc3)C2=O)cc1. The smallest absolute Gasteiger partial charge is 0.325 e. The number of ether oxygens (including phenoxy) is 2. The van der Waals surface area contributed by atoms with E-state index in [1.165, 1.54) is 0 Å². The molecule has 0 aromatic heterocycles. The molecule has 3 rings (SSSR count). The summed E-state index contributed by atoms with van der Waals surface area (Å²) in [7, 11) is 1.60. The summed E-state index contributed by atoms with van der Waals surface area (Å²) in [6, 6.07) is 13.9. The third-order valence-electron chi connectivity index (χ3n) is 5.17. The molecular weight excluding hydrogens is 398 g/mol. The third kappa shape index (κ3) is 5.33. The Balaban J connectivity index is 1.57. The second-order valence-corrected chi connectivity index (χ2v) is 7.51. The van der Waals surface area contributed by atoms with Gasteiger partial charge < -0.3 is 20.1 Å². The van der Waals surface area contributed by atoms with E-state index >= 15 is 0 Å². The molecule has 1 saturated heterocycles. The molecule has 1 aliphatic heterocycles. The molecule has 1 aliphatic rings. The number of carbonyl (C=O) groups excluding carboxylic acids is 3. The van der Waals surface area contributed by atoms with Crippen molar-refractivity contribution in [3.8, 4) is 11.5 Å². The molecule has 0 bridgehead atoms. The van der Waals surface area contributed by atoms with E-state index in [1.807, 2.05) is 31.2 Å². The number of methoxy groups -OCH3 is 1. The predicted molar refractivity (Wildman–Crippen MR) is 116 cm³/mol. The zero-order chi connectivity index (χ0) is 22.4. The summed E-state index contributed by atoms with van der Waals surface area (Å²) in [5, 5.41) is 5.42. The van der Waals surface area contributed by atoms with Crippen molar-refractivity contribution in [2.45, 2.75) is 32.2 Å². The van der Waals surface area contributed by atoms with Crippen molar-refractivity contribution in [1.82, 2.24) is 10.2 Å². The number of hydrogen-bond donors (Lipinski definition) is 2. The Bertz CT molecular complexity index is 943. The molecule has 2 aromatic carbocycles. The van der Waals surface area contributed by atoms with Gasteiger partial charge in [0.05, 0.1) is 13.7 Å². The maximum Gasteiger partial charge on any atom is 0.325 e. The van der Waals surface area contributed by atoms with E-state index < -0.39 is 23.4 Å². The molecule has 0 unspecified atom stereocenters. The van der Waals surface area contributed by atoms with Crippen LogP contribution in [0.2, 0.25) is 0 Å². The zero-order valence-electron chi connectivity index (χ0n) is 17.9. The van der Waals surface area contributed by atoms with Crippen LogP contribution in [-0.2, 0) is 16.0 Å². The van der Waals surface area contributed by atoms with Gasteiger partial charge in [0.25, 0.3) is 5.91 Å². The number of amides is 4. The van der Waals surface area contributed by atoms with Crippen molar-refractivity contribution < 1.29 is 23.9 Å². The second-order valence-electron chi connectivity index (χ2n) is 7.51. The number of hydrogen-bond acceptors (Lipinski definition) is 5. The lowest BCUT2D eigenvalue weighted by atomic mass is 9.93.